The number of pyridine rings is 2. The van der Waals surface area contributed by atoms with Gasteiger partial charge in [-0.3, -0.25) is 28.7 Å². The number of hydrogen-bond acceptors (Lipinski definition) is 5. The van der Waals surface area contributed by atoms with Crippen molar-refractivity contribution in [3.8, 4) is 5.69 Å². The number of carbonyl (C=O) groups is 2. The van der Waals surface area contributed by atoms with Crippen molar-refractivity contribution in [3.63, 3.8) is 0 Å². The predicted molar refractivity (Wildman–Crippen MR) is 138 cm³/mol. The summed E-state index contributed by atoms with van der Waals surface area (Å²) in [6.07, 6.45) is 7.25. The fourth-order valence-corrected chi connectivity index (χ4v) is 5.14. The molecule has 0 bridgehead atoms. The minimum Gasteiger partial charge on any atom is -0.349 e. The van der Waals surface area contributed by atoms with Gasteiger partial charge in [-0.15, -0.1) is 0 Å². The first-order valence-corrected chi connectivity index (χ1v) is 12.4. The zero-order valence-electron chi connectivity index (χ0n) is 19.9. The summed E-state index contributed by atoms with van der Waals surface area (Å²) >= 11 is 6.02. The third-order valence-corrected chi connectivity index (χ3v) is 7.11. The van der Waals surface area contributed by atoms with Crippen LogP contribution in [0.4, 0.5) is 0 Å². The van der Waals surface area contributed by atoms with Gasteiger partial charge in [-0.05, 0) is 68.9 Å². The van der Waals surface area contributed by atoms with Crippen LogP contribution in [0, 0.1) is 12.8 Å². The molecule has 1 N–H and O–H groups in total. The van der Waals surface area contributed by atoms with E-state index in [1.165, 1.54) is 6.20 Å². The smallest absolute Gasteiger partial charge is 0.333 e. The number of aromatic nitrogens is 4. The fourth-order valence-electron chi connectivity index (χ4n) is 4.98. The van der Waals surface area contributed by atoms with Crippen molar-refractivity contribution >= 4 is 34.8 Å². The van der Waals surface area contributed by atoms with Crippen molar-refractivity contribution in [1.29, 1.82) is 0 Å². The zero-order valence-corrected chi connectivity index (χ0v) is 20.6. The van der Waals surface area contributed by atoms with Crippen LogP contribution in [0.3, 0.4) is 0 Å². The molecule has 1 saturated carbocycles. The molecule has 0 atom stereocenters. The molecule has 1 amide bonds. The SMILES string of the molecule is Cc1ncc(Cl)cc1C(=O)N[C@H]1CC[C@H](Cn2c(=O)n(-c3ccc(C=O)nc3)c3ccccc32)CC1. The van der Waals surface area contributed by atoms with Gasteiger partial charge in [0.15, 0.2) is 6.29 Å². The molecule has 0 spiro atoms. The van der Waals surface area contributed by atoms with E-state index in [1.807, 2.05) is 28.8 Å². The largest absolute Gasteiger partial charge is 0.349 e. The molecule has 4 aromatic rings. The molecule has 3 aromatic heterocycles. The summed E-state index contributed by atoms with van der Waals surface area (Å²) in [5.41, 5.74) is 3.63. The number of fused-ring (bicyclic) bond motifs is 1. The highest BCUT2D eigenvalue weighted by Gasteiger charge is 2.25. The van der Waals surface area contributed by atoms with E-state index in [0.29, 0.717) is 46.4 Å². The van der Waals surface area contributed by atoms with Crippen LogP contribution in [0.1, 0.15) is 52.2 Å². The lowest BCUT2D eigenvalue weighted by atomic mass is 9.85. The average Bonchev–Trinajstić information content (AvgIpc) is 3.17. The van der Waals surface area contributed by atoms with Gasteiger partial charge in [-0.1, -0.05) is 23.7 Å². The van der Waals surface area contributed by atoms with Gasteiger partial charge in [0.2, 0.25) is 0 Å². The first kappa shape index (κ1) is 23.9. The molecule has 3 heterocycles. The van der Waals surface area contributed by atoms with Gasteiger partial charge in [0.1, 0.15) is 5.69 Å². The summed E-state index contributed by atoms with van der Waals surface area (Å²) < 4.78 is 3.47. The molecule has 1 aliphatic rings. The summed E-state index contributed by atoms with van der Waals surface area (Å²) in [5.74, 6) is 0.166. The summed E-state index contributed by atoms with van der Waals surface area (Å²) in [7, 11) is 0. The van der Waals surface area contributed by atoms with Crippen molar-refractivity contribution < 1.29 is 9.59 Å². The van der Waals surface area contributed by atoms with Crippen LogP contribution < -0.4 is 11.0 Å². The number of benzene rings is 1. The standard InChI is InChI=1S/C27H26ClN5O3/c1-17-23(12-19(28)13-29-17)26(35)31-20-8-6-18(7-9-20)15-32-24-4-2-3-5-25(24)33(27(32)36)22-11-10-21(16-34)30-14-22/h2-5,10-14,16,18,20H,6-9,15H2,1H3,(H,31,35)/t18-,20-. The Kier molecular flexibility index (Phi) is 6.69. The van der Waals surface area contributed by atoms with Crippen molar-refractivity contribution in [2.24, 2.45) is 5.92 Å². The average molecular weight is 504 g/mol. The number of rotatable bonds is 6. The van der Waals surface area contributed by atoms with Crippen LogP contribution in [0.25, 0.3) is 16.7 Å². The Morgan fingerprint density at radius 1 is 1.08 bits per heavy atom. The maximum absolute atomic E-state index is 13.5. The maximum Gasteiger partial charge on any atom is 0.333 e. The molecule has 1 aliphatic carbocycles. The number of hydrogen-bond donors (Lipinski definition) is 1. The third kappa shape index (κ3) is 4.68. The quantitative estimate of drug-likeness (QED) is 0.394. The van der Waals surface area contributed by atoms with Gasteiger partial charge < -0.3 is 5.32 Å². The van der Waals surface area contributed by atoms with E-state index in [9.17, 15) is 14.4 Å². The lowest BCUT2D eigenvalue weighted by Gasteiger charge is -2.29. The highest BCUT2D eigenvalue weighted by Crippen LogP contribution is 2.28. The molecule has 0 aliphatic heterocycles. The van der Waals surface area contributed by atoms with E-state index in [-0.39, 0.29) is 17.6 Å². The highest BCUT2D eigenvalue weighted by atomic mass is 35.5. The Hall–Kier alpha value is -3.78. The lowest BCUT2D eigenvalue weighted by Crippen LogP contribution is -2.39. The number of aryl methyl sites for hydroxylation is 1. The number of imidazole rings is 1. The van der Waals surface area contributed by atoms with Gasteiger partial charge in [0.05, 0.1) is 39.2 Å². The van der Waals surface area contributed by atoms with Gasteiger partial charge in [0, 0.05) is 18.8 Å². The number of halogens is 1. The van der Waals surface area contributed by atoms with Gasteiger partial charge in [-0.25, -0.2) is 4.79 Å². The number of para-hydroxylation sites is 2. The molecule has 0 radical (unpaired) electrons. The fraction of sp³-hybridized carbons (Fsp3) is 0.296. The lowest BCUT2D eigenvalue weighted by molar-refractivity contribution is 0.0919. The van der Waals surface area contributed by atoms with Gasteiger partial charge in [-0.2, -0.15) is 0 Å². The van der Waals surface area contributed by atoms with E-state index >= 15 is 0 Å². The molecule has 1 fully saturated rings. The maximum atomic E-state index is 13.5. The summed E-state index contributed by atoms with van der Waals surface area (Å²) in [6, 6.07) is 12.8. The van der Waals surface area contributed by atoms with E-state index in [1.54, 1.807) is 35.9 Å². The number of carbonyl (C=O) groups excluding carboxylic acids is 2. The second-order valence-corrected chi connectivity index (χ2v) is 9.69. The van der Waals surface area contributed by atoms with Crippen molar-refractivity contribution in [2.75, 3.05) is 0 Å². The molecule has 9 heteroatoms. The molecule has 184 valence electrons. The molecular formula is C27H26ClN5O3. The number of aldehydes is 1. The van der Waals surface area contributed by atoms with Crippen LogP contribution in [0.2, 0.25) is 5.02 Å². The van der Waals surface area contributed by atoms with Crippen LogP contribution >= 0.6 is 11.6 Å². The number of nitrogens with one attached hydrogen (secondary N) is 1. The Bertz CT molecular complexity index is 1480. The van der Waals surface area contributed by atoms with Gasteiger partial charge >= 0.3 is 5.69 Å². The summed E-state index contributed by atoms with van der Waals surface area (Å²) in [5, 5.41) is 3.56. The summed E-state index contributed by atoms with van der Waals surface area (Å²) in [4.78, 5) is 45.5. The van der Waals surface area contributed by atoms with Crippen molar-refractivity contribution in [3.05, 3.63) is 87.3 Å². The summed E-state index contributed by atoms with van der Waals surface area (Å²) in [6.45, 7) is 2.40. The molecule has 8 nitrogen and oxygen atoms in total. The number of nitrogens with zero attached hydrogens (tertiary/aromatic N) is 4. The first-order chi connectivity index (χ1) is 17.4. The molecule has 0 unspecified atom stereocenters. The molecule has 5 rings (SSSR count). The minimum absolute atomic E-state index is 0.0765. The minimum atomic E-state index is -0.153. The Balaban J connectivity index is 1.31. The topological polar surface area (TPSA) is 98.9 Å². The molecular weight excluding hydrogens is 478 g/mol. The van der Waals surface area contributed by atoms with Crippen molar-refractivity contribution in [1.82, 2.24) is 24.4 Å². The Morgan fingerprint density at radius 2 is 1.83 bits per heavy atom. The van der Waals surface area contributed by atoms with Crippen LogP contribution in [-0.4, -0.2) is 37.3 Å². The van der Waals surface area contributed by atoms with E-state index in [0.717, 1.165) is 36.7 Å². The van der Waals surface area contributed by atoms with E-state index in [2.05, 4.69) is 15.3 Å². The van der Waals surface area contributed by atoms with Crippen molar-refractivity contribution in [2.45, 2.75) is 45.2 Å². The van der Waals surface area contributed by atoms with Crippen LogP contribution in [0.5, 0.6) is 0 Å². The van der Waals surface area contributed by atoms with Crippen LogP contribution in [-0.2, 0) is 6.54 Å². The normalized spacial score (nSPS) is 17.7. The highest BCUT2D eigenvalue weighted by molar-refractivity contribution is 6.30. The molecule has 1 aromatic carbocycles. The predicted octanol–water partition coefficient (Wildman–Crippen LogP) is 4.35. The first-order valence-electron chi connectivity index (χ1n) is 12.0. The molecule has 36 heavy (non-hydrogen) atoms. The van der Waals surface area contributed by atoms with Crippen LogP contribution in [0.15, 0.2) is 59.7 Å². The zero-order chi connectivity index (χ0) is 25.2. The second-order valence-electron chi connectivity index (χ2n) is 9.25. The third-order valence-electron chi connectivity index (χ3n) is 6.91. The Morgan fingerprint density at radius 3 is 2.53 bits per heavy atom. The monoisotopic (exact) mass is 503 g/mol. The van der Waals surface area contributed by atoms with E-state index < -0.39 is 0 Å². The molecule has 0 saturated heterocycles. The van der Waals surface area contributed by atoms with Gasteiger partial charge in [0.25, 0.3) is 5.91 Å². The second kappa shape index (κ2) is 10.1. The Labute approximate surface area is 212 Å². The van der Waals surface area contributed by atoms with E-state index in [4.69, 9.17) is 11.6 Å². The number of amides is 1.